The van der Waals surface area contributed by atoms with Crippen LogP contribution >= 0.6 is 0 Å². The largest absolute Gasteiger partial charge is 0.387 e. The second-order valence-electron chi connectivity index (χ2n) is 4.51. The first-order valence-electron chi connectivity index (χ1n) is 5.29. The lowest BCUT2D eigenvalue weighted by Crippen LogP contribution is -2.63. The Kier molecular flexibility index (Phi) is 2.49. The number of β-amino-alcohol motifs (C(OH)–C–C–N with tert-alkyl or cyclic N) is 1. The zero-order valence-electron chi connectivity index (χ0n) is 8.62. The van der Waals surface area contributed by atoms with E-state index < -0.39 is 5.60 Å². The van der Waals surface area contributed by atoms with Crippen molar-refractivity contribution in [1.29, 1.82) is 0 Å². The molecule has 1 saturated carbocycles. The predicted octanol–water partition coefficient (Wildman–Crippen LogP) is -0.421. The maximum absolute atomic E-state index is 11.0. The van der Waals surface area contributed by atoms with E-state index in [1.54, 1.807) is 7.05 Å². The second kappa shape index (κ2) is 3.51. The second-order valence-corrected chi connectivity index (χ2v) is 4.51. The topological polar surface area (TPSA) is 52.6 Å². The quantitative estimate of drug-likeness (QED) is 0.645. The molecule has 1 aliphatic carbocycles. The Hall–Kier alpha value is -0.610. The first-order chi connectivity index (χ1) is 6.64. The van der Waals surface area contributed by atoms with E-state index in [0.717, 1.165) is 19.6 Å². The van der Waals surface area contributed by atoms with Gasteiger partial charge in [-0.25, -0.2) is 0 Å². The van der Waals surface area contributed by atoms with E-state index in [1.807, 2.05) is 0 Å². The molecule has 2 N–H and O–H groups in total. The molecular formula is C10H18N2O2. The number of carbonyl (C=O) groups excluding carboxylic acids is 1. The molecule has 1 saturated heterocycles. The predicted molar refractivity (Wildman–Crippen MR) is 52.8 cm³/mol. The number of aliphatic hydroxyl groups is 1. The van der Waals surface area contributed by atoms with Crippen LogP contribution in [0.3, 0.4) is 0 Å². The Bertz CT molecular complexity index is 232. The van der Waals surface area contributed by atoms with Gasteiger partial charge < -0.3 is 10.4 Å². The number of likely N-dealkylation sites (tertiary alicyclic amines) is 1. The van der Waals surface area contributed by atoms with Crippen molar-refractivity contribution in [3.05, 3.63) is 0 Å². The summed E-state index contributed by atoms with van der Waals surface area (Å²) in [6, 6.07) is 0. The van der Waals surface area contributed by atoms with Crippen molar-refractivity contribution in [2.45, 2.75) is 24.9 Å². The zero-order valence-corrected chi connectivity index (χ0v) is 8.62. The summed E-state index contributed by atoms with van der Waals surface area (Å²) in [5, 5.41) is 12.6. The Balaban J connectivity index is 1.65. The Morgan fingerprint density at radius 2 is 2.21 bits per heavy atom. The van der Waals surface area contributed by atoms with Gasteiger partial charge in [-0.3, -0.25) is 9.69 Å². The van der Waals surface area contributed by atoms with Crippen molar-refractivity contribution in [2.24, 2.45) is 5.92 Å². The molecule has 1 aliphatic heterocycles. The van der Waals surface area contributed by atoms with Gasteiger partial charge >= 0.3 is 0 Å². The molecule has 0 aromatic heterocycles. The lowest BCUT2D eigenvalue weighted by molar-refractivity contribution is -0.127. The Labute approximate surface area is 84.3 Å². The van der Waals surface area contributed by atoms with E-state index in [1.165, 1.54) is 12.8 Å². The fraction of sp³-hybridized carbons (Fsp3) is 0.900. The summed E-state index contributed by atoms with van der Waals surface area (Å²) in [4.78, 5) is 13.1. The summed E-state index contributed by atoms with van der Waals surface area (Å²) < 4.78 is 0. The first-order valence-corrected chi connectivity index (χ1v) is 5.29. The third-order valence-corrected chi connectivity index (χ3v) is 3.27. The SMILES string of the molecule is CNC(=O)CCN1CC(O)(C2CC2)C1. The highest BCUT2D eigenvalue weighted by Gasteiger charge is 2.51. The number of hydrogen-bond donors (Lipinski definition) is 2. The summed E-state index contributed by atoms with van der Waals surface area (Å²) in [6.45, 7) is 2.29. The maximum Gasteiger partial charge on any atom is 0.221 e. The maximum atomic E-state index is 11.0. The number of amides is 1. The first kappa shape index (κ1) is 9.93. The van der Waals surface area contributed by atoms with E-state index in [4.69, 9.17) is 0 Å². The highest BCUT2D eigenvalue weighted by molar-refractivity contribution is 5.75. The molecular weight excluding hydrogens is 180 g/mol. The molecule has 1 amide bonds. The van der Waals surface area contributed by atoms with Crippen LogP contribution in [0.25, 0.3) is 0 Å². The van der Waals surface area contributed by atoms with E-state index in [9.17, 15) is 9.90 Å². The fourth-order valence-corrected chi connectivity index (χ4v) is 2.15. The monoisotopic (exact) mass is 198 g/mol. The van der Waals surface area contributed by atoms with Gasteiger partial charge in [-0.1, -0.05) is 0 Å². The molecule has 2 aliphatic rings. The van der Waals surface area contributed by atoms with Crippen LogP contribution in [0.1, 0.15) is 19.3 Å². The van der Waals surface area contributed by atoms with E-state index in [2.05, 4.69) is 10.2 Å². The van der Waals surface area contributed by atoms with Crippen LogP contribution in [0.4, 0.5) is 0 Å². The molecule has 0 spiro atoms. The third kappa shape index (κ3) is 1.91. The smallest absolute Gasteiger partial charge is 0.221 e. The van der Waals surface area contributed by atoms with Crippen LogP contribution in [0, 0.1) is 5.92 Å². The van der Waals surface area contributed by atoms with Crippen molar-refractivity contribution < 1.29 is 9.90 Å². The minimum absolute atomic E-state index is 0.0758. The van der Waals surface area contributed by atoms with Crippen molar-refractivity contribution >= 4 is 5.91 Å². The van der Waals surface area contributed by atoms with Crippen molar-refractivity contribution in [2.75, 3.05) is 26.7 Å². The molecule has 0 unspecified atom stereocenters. The average molecular weight is 198 g/mol. The molecule has 80 valence electrons. The molecule has 14 heavy (non-hydrogen) atoms. The number of hydrogen-bond acceptors (Lipinski definition) is 3. The third-order valence-electron chi connectivity index (χ3n) is 3.27. The van der Waals surface area contributed by atoms with Gasteiger partial charge in [0.25, 0.3) is 0 Å². The van der Waals surface area contributed by atoms with E-state index >= 15 is 0 Å². The number of carbonyl (C=O) groups is 1. The highest BCUT2D eigenvalue weighted by Crippen LogP contribution is 2.44. The lowest BCUT2D eigenvalue weighted by Gasteiger charge is -2.47. The van der Waals surface area contributed by atoms with Gasteiger partial charge in [-0.2, -0.15) is 0 Å². The van der Waals surface area contributed by atoms with Crippen molar-refractivity contribution in [3.63, 3.8) is 0 Å². The average Bonchev–Trinajstić information content (AvgIpc) is 2.92. The standard InChI is InChI=1S/C10H18N2O2/c1-11-9(13)4-5-12-6-10(14,7-12)8-2-3-8/h8,14H,2-7H2,1H3,(H,11,13). The van der Waals surface area contributed by atoms with Gasteiger partial charge in [0.15, 0.2) is 0 Å². The molecule has 4 heteroatoms. The summed E-state index contributed by atoms with van der Waals surface area (Å²) in [5.74, 6) is 0.616. The normalized spacial score (nSPS) is 25.6. The van der Waals surface area contributed by atoms with Crippen LogP contribution in [0.5, 0.6) is 0 Å². The molecule has 0 atom stereocenters. The van der Waals surface area contributed by atoms with Gasteiger partial charge in [0.1, 0.15) is 0 Å². The van der Waals surface area contributed by atoms with Crippen LogP contribution in [0.2, 0.25) is 0 Å². The fourth-order valence-electron chi connectivity index (χ4n) is 2.15. The molecule has 1 heterocycles. The number of nitrogens with zero attached hydrogens (tertiary/aromatic N) is 1. The van der Waals surface area contributed by atoms with Crippen LogP contribution < -0.4 is 5.32 Å². The van der Waals surface area contributed by atoms with Gasteiger partial charge in [0.05, 0.1) is 5.60 Å². The summed E-state index contributed by atoms with van der Waals surface area (Å²) in [5.41, 5.74) is -0.414. The molecule has 0 aromatic carbocycles. The van der Waals surface area contributed by atoms with Crippen LogP contribution in [-0.2, 0) is 4.79 Å². The zero-order chi connectivity index (χ0) is 10.2. The molecule has 2 fully saturated rings. The highest BCUT2D eigenvalue weighted by atomic mass is 16.3. The molecule has 0 aromatic rings. The Morgan fingerprint density at radius 1 is 1.57 bits per heavy atom. The molecule has 2 rings (SSSR count). The minimum atomic E-state index is -0.414. The number of rotatable bonds is 4. The lowest BCUT2D eigenvalue weighted by atomic mass is 9.88. The summed E-state index contributed by atoms with van der Waals surface area (Å²) in [7, 11) is 1.65. The summed E-state index contributed by atoms with van der Waals surface area (Å²) in [6.07, 6.45) is 2.90. The van der Waals surface area contributed by atoms with Gasteiger partial charge in [0, 0.05) is 33.1 Å². The number of nitrogens with one attached hydrogen (secondary N) is 1. The van der Waals surface area contributed by atoms with Crippen LogP contribution in [-0.4, -0.2) is 48.2 Å². The van der Waals surface area contributed by atoms with Gasteiger partial charge in [0.2, 0.25) is 5.91 Å². The van der Waals surface area contributed by atoms with Gasteiger partial charge in [-0.05, 0) is 18.8 Å². The van der Waals surface area contributed by atoms with E-state index in [-0.39, 0.29) is 5.91 Å². The van der Waals surface area contributed by atoms with Crippen LogP contribution in [0.15, 0.2) is 0 Å². The Morgan fingerprint density at radius 3 is 2.71 bits per heavy atom. The van der Waals surface area contributed by atoms with Crippen molar-refractivity contribution in [1.82, 2.24) is 10.2 Å². The minimum Gasteiger partial charge on any atom is -0.387 e. The van der Waals surface area contributed by atoms with E-state index in [0.29, 0.717) is 12.3 Å². The molecule has 4 nitrogen and oxygen atoms in total. The van der Waals surface area contributed by atoms with Crippen molar-refractivity contribution in [3.8, 4) is 0 Å². The molecule has 0 bridgehead atoms. The van der Waals surface area contributed by atoms with Gasteiger partial charge in [-0.15, -0.1) is 0 Å². The molecule has 0 radical (unpaired) electrons. The summed E-state index contributed by atoms with van der Waals surface area (Å²) >= 11 is 0.